The van der Waals surface area contributed by atoms with E-state index in [9.17, 15) is 15.0 Å². The number of carboxylic acids is 1. The molecule has 120 valence electrons. The molecule has 0 spiro atoms. The Balaban J connectivity index is 2.02. The zero-order valence-corrected chi connectivity index (χ0v) is 13.1. The molecule has 2 aromatic heterocycles. The van der Waals surface area contributed by atoms with E-state index in [1.54, 1.807) is 0 Å². The first-order valence-corrected chi connectivity index (χ1v) is 7.78. The van der Waals surface area contributed by atoms with Gasteiger partial charge in [0.05, 0.1) is 4.88 Å². The summed E-state index contributed by atoms with van der Waals surface area (Å²) in [5.41, 5.74) is 1.16. The highest BCUT2D eigenvalue weighted by Gasteiger charge is 2.20. The van der Waals surface area contributed by atoms with Crippen LogP contribution in [0.2, 0.25) is 0 Å². The molecule has 0 bridgehead atoms. The van der Waals surface area contributed by atoms with Gasteiger partial charge in [0.2, 0.25) is 5.75 Å². The lowest BCUT2D eigenvalue weighted by atomic mass is 10.1. The molecule has 0 fully saturated rings. The number of carbonyl (C=O) groups is 1. The Morgan fingerprint density at radius 2 is 1.79 bits per heavy atom. The highest BCUT2D eigenvalue weighted by Crippen LogP contribution is 2.33. The van der Waals surface area contributed by atoms with Crippen LogP contribution in [-0.2, 0) is 0 Å². The zero-order chi connectivity index (χ0) is 17.1. The second-order valence-corrected chi connectivity index (χ2v) is 5.74. The van der Waals surface area contributed by atoms with Crippen LogP contribution in [0.4, 0.5) is 0 Å². The first-order chi connectivity index (χ1) is 11.6. The molecule has 0 radical (unpaired) electrons. The van der Waals surface area contributed by atoms with E-state index in [1.165, 1.54) is 11.3 Å². The molecule has 0 aliphatic carbocycles. The van der Waals surface area contributed by atoms with Crippen LogP contribution in [0.3, 0.4) is 0 Å². The van der Waals surface area contributed by atoms with Crippen LogP contribution in [0.5, 0.6) is 11.6 Å². The third kappa shape index (κ3) is 3.11. The number of carboxylic acid groups (broad SMARTS) is 1. The number of thiophene rings is 1. The third-order valence-corrected chi connectivity index (χ3v) is 4.15. The minimum Gasteiger partial charge on any atom is -0.501 e. The molecule has 0 atom stereocenters. The van der Waals surface area contributed by atoms with E-state index < -0.39 is 23.3 Å². The van der Waals surface area contributed by atoms with Gasteiger partial charge in [0.25, 0.3) is 5.88 Å². The lowest BCUT2D eigenvalue weighted by molar-refractivity contribution is 0.0685. The SMILES string of the molecule is O=C(O)c1nc(-c2sccc2C=Cc2ccccc2)nc(O)c1O. The van der Waals surface area contributed by atoms with Gasteiger partial charge < -0.3 is 15.3 Å². The van der Waals surface area contributed by atoms with E-state index in [1.807, 2.05) is 53.9 Å². The van der Waals surface area contributed by atoms with E-state index in [4.69, 9.17) is 5.11 Å². The molecular weight excluding hydrogens is 328 g/mol. The van der Waals surface area contributed by atoms with Crippen molar-refractivity contribution in [3.8, 4) is 22.3 Å². The van der Waals surface area contributed by atoms with Gasteiger partial charge in [0, 0.05) is 0 Å². The summed E-state index contributed by atoms with van der Waals surface area (Å²) < 4.78 is 0. The summed E-state index contributed by atoms with van der Waals surface area (Å²) in [4.78, 5) is 19.3. The summed E-state index contributed by atoms with van der Waals surface area (Å²) in [7, 11) is 0. The number of hydrogen-bond acceptors (Lipinski definition) is 6. The number of aromatic carboxylic acids is 1. The lowest BCUT2D eigenvalue weighted by Crippen LogP contribution is -2.03. The second-order valence-electron chi connectivity index (χ2n) is 4.82. The normalized spacial score (nSPS) is 11.0. The molecule has 2 heterocycles. The van der Waals surface area contributed by atoms with Crippen molar-refractivity contribution < 1.29 is 20.1 Å². The van der Waals surface area contributed by atoms with Crippen LogP contribution in [0.25, 0.3) is 22.9 Å². The van der Waals surface area contributed by atoms with Gasteiger partial charge in [-0.2, -0.15) is 4.98 Å². The van der Waals surface area contributed by atoms with Crippen molar-refractivity contribution in [1.29, 1.82) is 0 Å². The number of hydrogen-bond donors (Lipinski definition) is 3. The van der Waals surface area contributed by atoms with Crippen molar-refractivity contribution in [1.82, 2.24) is 9.97 Å². The maximum absolute atomic E-state index is 11.1. The smallest absolute Gasteiger partial charge is 0.358 e. The fourth-order valence-corrected chi connectivity index (χ4v) is 2.90. The van der Waals surface area contributed by atoms with Crippen molar-refractivity contribution in [2.75, 3.05) is 0 Å². The molecule has 24 heavy (non-hydrogen) atoms. The number of nitrogens with zero attached hydrogens (tertiary/aromatic N) is 2. The van der Waals surface area contributed by atoms with Gasteiger partial charge in [-0.15, -0.1) is 11.3 Å². The number of rotatable bonds is 4. The Labute approximate surface area is 141 Å². The standard InChI is InChI=1S/C17H12N2O4S/c20-13-12(17(22)23)18-15(19-16(13)21)14-11(8-9-24-14)7-6-10-4-2-1-3-5-10/h1-9,20H,(H,22,23)(H,18,19,21). The summed E-state index contributed by atoms with van der Waals surface area (Å²) in [5.74, 6) is -3.00. The number of aromatic hydroxyl groups is 2. The van der Waals surface area contributed by atoms with Crippen LogP contribution in [0, 0.1) is 0 Å². The molecule has 0 aliphatic rings. The molecule has 0 aliphatic heterocycles. The van der Waals surface area contributed by atoms with E-state index in [-0.39, 0.29) is 5.82 Å². The maximum atomic E-state index is 11.1. The fourth-order valence-electron chi connectivity index (χ4n) is 2.08. The maximum Gasteiger partial charge on any atom is 0.358 e. The molecule has 3 rings (SSSR count). The van der Waals surface area contributed by atoms with Gasteiger partial charge >= 0.3 is 5.97 Å². The Hall–Kier alpha value is -3.19. The monoisotopic (exact) mass is 340 g/mol. The predicted octanol–water partition coefficient (Wildman–Crippen LogP) is 3.48. The van der Waals surface area contributed by atoms with Gasteiger partial charge in [-0.25, -0.2) is 9.78 Å². The average molecular weight is 340 g/mol. The summed E-state index contributed by atoms with van der Waals surface area (Å²) in [6.07, 6.45) is 3.76. The Morgan fingerprint density at radius 1 is 1.04 bits per heavy atom. The van der Waals surface area contributed by atoms with Crippen molar-refractivity contribution in [3.63, 3.8) is 0 Å². The van der Waals surface area contributed by atoms with Gasteiger partial charge in [-0.3, -0.25) is 0 Å². The highest BCUT2D eigenvalue weighted by molar-refractivity contribution is 7.13. The highest BCUT2D eigenvalue weighted by atomic mass is 32.1. The fraction of sp³-hybridized carbons (Fsp3) is 0. The Bertz CT molecular complexity index is 920. The summed E-state index contributed by atoms with van der Waals surface area (Å²) in [6, 6.07) is 11.5. The molecule has 0 unspecified atom stereocenters. The minimum atomic E-state index is -1.44. The quantitative estimate of drug-likeness (QED) is 0.672. The molecule has 1 aromatic carbocycles. The van der Waals surface area contributed by atoms with Gasteiger partial charge in [-0.1, -0.05) is 42.5 Å². The molecule has 0 saturated carbocycles. The van der Waals surface area contributed by atoms with Crippen LogP contribution in [0.15, 0.2) is 41.8 Å². The van der Waals surface area contributed by atoms with Crippen molar-refractivity contribution in [2.24, 2.45) is 0 Å². The summed E-state index contributed by atoms with van der Waals surface area (Å²) >= 11 is 1.31. The van der Waals surface area contributed by atoms with Crippen LogP contribution in [0.1, 0.15) is 21.6 Å². The van der Waals surface area contributed by atoms with E-state index in [0.29, 0.717) is 4.88 Å². The molecule has 3 aromatic rings. The molecule has 0 amide bonds. The van der Waals surface area contributed by atoms with Crippen LogP contribution < -0.4 is 0 Å². The lowest BCUT2D eigenvalue weighted by Gasteiger charge is -2.04. The molecule has 0 saturated heterocycles. The Kier molecular flexibility index (Phi) is 4.26. The molecule has 6 nitrogen and oxygen atoms in total. The third-order valence-electron chi connectivity index (χ3n) is 3.22. The van der Waals surface area contributed by atoms with Crippen molar-refractivity contribution in [2.45, 2.75) is 0 Å². The van der Waals surface area contributed by atoms with Crippen LogP contribution >= 0.6 is 11.3 Å². The topological polar surface area (TPSA) is 104 Å². The summed E-state index contributed by atoms with van der Waals surface area (Å²) in [6.45, 7) is 0. The van der Waals surface area contributed by atoms with Crippen molar-refractivity contribution >= 4 is 29.5 Å². The second kappa shape index (κ2) is 6.51. The minimum absolute atomic E-state index is 0.0467. The van der Waals surface area contributed by atoms with E-state index in [0.717, 1.165) is 11.1 Å². The van der Waals surface area contributed by atoms with E-state index >= 15 is 0 Å². The first-order valence-electron chi connectivity index (χ1n) is 6.90. The van der Waals surface area contributed by atoms with Crippen molar-refractivity contribution in [3.05, 3.63) is 58.6 Å². The van der Waals surface area contributed by atoms with E-state index in [2.05, 4.69) is 9.97 Å². The Morgan fingerprint density at radius 3 is 2.50 bits per heavy atom. The van der Waals surface area contributed by atoms with Gasteiger partial charge in [0.15, 0.2) is 11.5 Å². The largest absolute Gasteiger partial charge is 0.501 e. The number of benzene rings is 1. The summed E-state index contributed by atoms with van der Waals surface area (Å²) in [5, 5.41) is 30.1. The predicted molar refractivity (Wildman–Crippen MR) is 91.0 cm³/mol. The molecule has 3 N–H and O–H groups in total. The average Bonchev–Trinajstić information content (AvgIpc) is 3.04. The zero-order valence-electron chi connectivity index (χ0n) is 12.2. The first kappa shape index (κ1) is 15.7. The number of aromatic nitrogens is 2. The molecule has 7 heteroatoms. The molecular formula is C17H12N2O4S. The van der Waals surface area contributed by atoms with Gasteiger partial charge in [0.1, 0.15) is 0 Å². The van der Waals surface area contributed by atoms with Crippen LogP contribution in [-0.4, -0.2) is 31.3 Å². The van der Waals surface area contributed by atoms with Gasteiger partial charge in [-0.05, 0) is 22.6 Å².